The van der Waals surface area contributed by atoms with E-state index in [2.05, 4.69) is 11.4 Å². The standard InChI is InChI=1S/C17H25NO4/c1-12(2)22-16-10-13(14-4-3-8-18-11-14)5-6-15(16)21-9-7-17(19)20/h5-6,10,12,14,18H,3-4,7-9,11H2,1-2H3,(H,19,20). The van der Waals surface area contributed by atoms with Crippen molar-refractivity contribution in [2.24, 2.45) is 0 Å². The van der Waals surface area contributed by atoms with Gasteiger partial charge in [-0.15, -0.1) is 0 Å². The first-order valence-electron chi connectivity index (χ1n) is 7.92. The molecule has 0 amide bonds. The Labute approximate surface area is 131 Å². The van der Waals surface area contributed by atoms with Crippen molar-refractivity contribution in [3.8, 4) is 11.5 Å². The van der Waals surface area contributed by atoms with Crippen LogP contribution >= 0.6 is 0 Å². The van der Waals surface area contributed by atoms with E-state index in [1.807, 2.05) is 26.0 Å². The molecule has 1 unspecified atom stereocenters. The molecular weight excluding hydrogens is 282 g/mol. The first kappa shape index (κ1) is 16.6. The lowest BCUT2D eigenvalue weighted by Gasteiger charge is -2.24. The SMILES string of the molecule is CC(C)Oc1cc(C2CCCNC2)ccc1OCCC(=O)O. The third-order valence-corrected chi connectivity index (χ3v) is 3.67. The topological polar surface area (TPSA) is 67.8 Å². The largest absolute Gasteiger partial charge is 0.489 e. The van der Waals surface area contributed by atoms with Crippen molar-refractivity contribution in [2.45, 2.75) is 45.1 Å². The van der Waals surface area contributed by atoms with Crippen LogP contribution in [0.5, 0.6) is 11.5 Å². The lowest BCUT2D eigenvalue weighted by molar-refractivity contribution is -0.137. The van der Waals surface area contributed by atoms with Gasteiger partial charge in [-0.1, -0.05) is 6.07 Å². The Morgan fingerprint density at radius 2 is 2.23 bits per heavy atom. The van der Waals surface area contributed by atoms with Gasteiger partial charge in [-0.3, -0.25) is 4.79 Å². The number of nitrogens with one attached hydrogen (secondary N) is 1. The number of hydrogen-bond acceptors (Lipinski definition) is 4. The van der Waals surface area contributed by atoms with Crippen LogP contribution in [-0.2, 0) is 4.79 Å². The molecule has 5 heteroatoms. The van der Waals surface area contributed by atoms with Crippen molar-refractivity contribution in [1.29, 1.82) is 0 Å². The summed E-state index contributed by atoms with van der Waals surface area (Å²) in [7, 11) is 0. The first-order valence-corrected chi connectivity index (χ1v) is 7.92. The highest BCUT2D eigenvalue weighted by molar-refractivity contribution is 5.66. The van der Waals surface area contributed by atoms with Gasteiger partial charge in [-0.05, 0) is 56.8 Å². The van der Waals surface area contributed by atoms with E-state index in [1.165, 1.54) is 18.4 Å². The molecule has 1 aliphatic rings. The van der Waals surface area contributed by atoms with Gasteiger partial charge in [0.2, 0.25) is 0 Å². The van der Waals surface area contributed by atoms with Gasteiger partial charge in [0.1, 0.15) is 0 Å². The minimum Gasteiger partial charge on any atom is -0.489 e. The van der Waals surface area contributed by atoms with Crippen LogP contribution < -0.4 is 14.8 Å². The van der Waals surface area contributed by atoms with Gasteiger partial charge in [0.15, 0.2) is 11.5 Å². The Morgan fingerprint density at radius 1 is 1.41 bits per heavy atom. The minimum absolute atomic E-state index is 0.0184. The molecule has 5 nitrogen and oxygen atoms in total. The van der Waals surface area contributed by atoms with Crippen molar-refractivity contribution in [3.63, 3.8) is 0 Å². The van der Waals surface area contributed by atoms with Crippen LogP contribution in [0.3, 0.4) is 0 Å². The highest BCUT2D eigenvalue weighted by Gasteiger charge is 2.18. The highest BCUT2D eigenvalue weighted by atomic mass is 16.5. The lowest BCUT2D eigenvalue weighted by atomic mass is 9.91. The Hall–Kier alpha value is -1.75. The quantitative estimate of drug-likeness (QED) is 0.811. The maximum atomic E-state index is 10.6. The van der Waals surface area contributed by atoms with E-state index in [0.717, 1.165) is 13.1 Å². The normalized spacial score (nSPS) is 18.2. The van der Waals surface area contributed by atoms with Crippen molar-refractivity contribution >= 4 is 5.97 Å². The number of carboxylic acid groups (broad SMARTS) is 1. The van der Waals surface area contributed by atoms with Crippen LogP contribution in [0.15, 0.2) is 18.2 Å². The van der Waals surface area contributed by atoms with Crippen molar-refractivity contribution in [2.75, 3.05) is 19.7 Å². The molecule has 0 radical (unpaired) electrons. The zero-order valence-corrected chi connectivity index (χ0v) is 13.3. The number of ether oxygens (including phenoxy) is 2. The molecule has 1 aliphatic heterocycles. The van der Waals surface area contributed by atoms with Crippen molar-refractivity contribution in [3.05, 3.63) is 23.8 Å². The number of benzene rings is 1. The van der Waals surface area contributed by atoms with E-state index in [4.69, 9.17) is 14.6 Å². The van der Waals surface area contributed by atoms with Gasteiger partial charge in [-0.2, -0.15) is 0 Å². The van der Waals surface area contributed by atoms with Crippen LogP contribution in [-0.4, -0.2) is 36.9 Å². The fourth-order valence-corrected chi connectivity index (χ4v) is 2.63. The first-order chi connectivity index (χ1) is 10.6. The monoisotopic (exact) mass is 307 g/mol. The summed E-state index contributed by atoms with van der Waals surface area (Å²) in [4.78, 5) is 10.6. The van der Waals surface area contributed by atoms with E-state index in [1.54, 1.807) is 0 Å². The van der Waals surface area contributed by atoms with E-state index in [-0.39, 0.29) is 19.1 Å². The smallest absolute Gasteiger partial charge is 0.306 e. The average Bonchev–Trinajstić information content (AvgIpc) is 2.48. The summed E-state index contributed by atoms with van der Waals surface area (Å²) in [6.07, 6.45) is 2.38. The Balaban J connectivity index is 2.12. The minimum atomic E-state index is -0.865. The summed E-state index contributed by atoms with van der Waals surface area (Å²) in [5, 5.41) is 12.1. The van der Waals surface area contributed by atoms with Crippen LogP contribution in [0.4, 0.5) is 0 Å². The third-order valence-electron chi connectivity index (χ3n) is 3.67. The molecule has 1 fully saturated rings. The maximum Gasteiger partial charge on any atom is 0.306 e. The molecule has 1 aromatic rings. The Bertz CT molecular complexity index is 495. The summed E-state index contributed by atoms with van der Waals surface area (Å²) in [5.74, 6) is 0.943. The molecule has 0 saturated carbocycles. The highest BCUT2D eigenvalue weighted by Crippen LogP contribution is 2.34. The van der Waals surface area contributed by atoms with Gasteiger partial charge < -0.3 is 19.9 Å². The molecule has 1 atom stereocenters. The molecule has 0 aromatic heterocycles. The average molecular weight is 307 g/mol. The molecular formula is C17H25NO4. The maximum absolute atomic E-state index is 10.6. The predicted molar refractivity (Wildman–Crippen MR) is 84.8 cm³/mol. The second kappa shape index (κ2) is 8.03. The number of carboxylic acids is 1. The predicted octanol–water partition coefficient (Wildman–Crippen LogP) is 2.79. The summed E-state index contributed by atoms with van der Waals surface area (Å²) < 4.78 is 11.4. The fraction of sp³-hybridized carbons (Fsp3) is 0.588. The zero-order chi connectivity index (χ0) is 15.9. The summed E-state index contributed by atoms with van der Waals surface area (Å²) in [5.41, 5.74) is 1.24. The molecule has 22 heavy (non-hydrogen) atoms. The number of rotatable bonds is 7. The molecule has 0 bridgehead atoms. The van der Waals surface area contributed by atoms with Crippen LogP contribution in [0, 0.1) is 0 Å². The van der Waals surface area contributed by atoms with Gasteiger partial charge in [0.25, 0.3) is 0 Å². The molecule has 2 rings (SSSR count). The second-order valence-electron chi connectivity index (χ2n) is 5.91. The van der Waals surface area contributed by atoms with Crippen LogP contribution in [0.2, 0.25) is 0 Å². The van der Waals surface area contributed by atoms with E-state index < -0.39 is 5.97 Å². The molecule has 0 aliphatic carbocycles. The number of piperidine rings is 1. The van der Waals surface area contributed by atoms with Gasteiger partial charge in [0, 0.05) is 6.54 Å². The van der Waals surface area contributed by atoms with Crippen molar-refractivity contribution < 1.29 is 19.4 Å². The summed E-state index contributed by atoms with van der Waals surface area (Å²) in [6, 6.07) is 5.98. The molecule has 0 spiro atoms. The Morgan fingerprint density at radius 3 is 2.86 bits per heavy atom. The zero-order valence-electron chi connectivity index (χ0n) is 13.3. The molecule has 1 heterocycles. The molecule has 2 N–H and O–H groups in total. The van der Waals surface area contributed by atoms with Gasteiger partial charge >= 0.3 is 5.97 Å². The third kappa shape index (κ3) is 4.91. The molecule has 1 saturated heterocycles. The van der Waals surface area contributed by atoms with Gasteiger partial charge in [-0.25, -0.2) is 0 Å². The molecule has 1 aromatic carbocycles. The van der Waals surface area contributed by atoms with Gasteiger partial charge in [0.05, 0.1) is 19.1 Å². The number of carbonyl (C=O) groups is 1. The van der Waals surface area contributed by atoms with Crippen LogP contribution in [0.25, 0.3) is 0 Å². The molecule has 122 valence electrons. The fourth-order valence-electron chi connectivity index (χ4n) is 2.63. The number of aliphatic carboxylic acids is 1. The van der Waals surface area contributed by atoms with Crippen molar-refractivity contribution in [1.82, 2.24) is 5.32 Å². The number of hydrogen-bond donors (Lipinski definition) is 2. The van der Waals surface area contributed by atoms with Crippen LogP contribution in [0.1, 0.15) is 44.6 Å². The Kier molecular flexibility index (Phi) is 6.07. The van der Waals surface area contributed by atoms with E-state index in [9.17, 15) is 4.79 Å². The summed E-state index contributed by atoms with van der Waals surface area (Å²) in [6.45, 7) is 6.16. The second-order valence-corrected chi connectivity index (χ2v) is 5.91. The van der Waals surface area contributed by atoms with E-state index in [0.29, 0.717) is 17.4 Å². The van der Waals surface area contributed by atoms with E-state index >= 15 is 0 Å². The lowest BCUT2D eigenvalue weighted by Crippen LogP contribution is -2.28. The summed E-state index contributed by atoms with van der Waals surface area (Å²) >= 11 is 0.